The fourth-order valence-electron chi connectivity index (χ4n) is 1.30. The molecule has 14 heavy (non-hydrogen) atoms. The molecule has 2 amide bonds. The van der Waals surface area contributed by atoms with E-state index in [0.29, 0.717) is 0 Å². The lowest BCUT2D eigenvalue weighted by Gasteiger charge is -2.13. The van der Waals surface area contributed by atoms with Crippen molar-refractivity contribution in [3.05, 3.63) is 23.5 Å². The number of hydrogen-bond donors (Lipinski definition) is 2. The average molecular weight is 193 g/mol. The molecule has 0 atom stereocenters. The SMILES string of the molecule is Cc1ccnc(C(C)C)c1NC(N)=O. The van der Waals surface area contributed by atoms with Gasteiger partial charge < -0.3 is 11.1 Å². The summed E-state index contributed by atoms with van der Waals surface area (Å²) in [6, 6.07) is 1.29. The van der Waals surface area contributed by atoms with E-state index < -0.39 is 6.03 Å². The van der Waals surface area contributed by atoms with Crippen molar-refractivity contribution in [1.29, 1.82) is 0 Å². The smallest absolute Gasteiger partial charge is 0.316 e. The van der Waals surface area contributed by atoms with Gasteiger partial charge in [0.25, 0.3) is 0 Å². The molecule has 0 aromatic carbocycles. The summed E-state index contributed by atoms with van der Waals surface area (Å²) in [6.07, 6.45) is 1.73. The summed E-state index contributed by atoms with van der Waals surface area (Å²) in [4.78, 5) is 15.0. The fraction of sp³-hybridized carbons (Fsp3) is 0.400. The zero-order chi connectivity index (χ0) is 10.7. The summed E-state index contributed by atoms with van der Waals surface area (Å²) >= 11 is 0. The molecule has 3 N–H and O–H groups in total. The lowest BCUT2D eigenvalue weighted by atomic mass is 10.1. The van der Waals surface area contributed by atoms with E-state index in [4.69, 9.17) is 5.73 Å². The van der Waals surface area contributed by atoms with Gasteiger partial charge in [0.05, 0.1) is 11.4 Å². The van der Waals surface area contributed by atoms with Crippen LogP contribution in [0.1, 0.15) is 31.0 Å². The minimum absolute atomic E-state index is 0.261. The Labute approximate surface area is 83.5 Å². The van der Waals surface area contributed by atoms with Crippen molar-refractivity contribution in [3.8, 4) is 0 Å². The fourth-order valence-corrected chi connectivity index (χ4v) is 1.30. The maximum absolute atomic E-state index is 10.8. The number of aromatic nitrogens is 1. The number of anilines is 1. The molecule has 0 aliphatic carbocycles. The number of rotatable bonds is 2. The van der Waals surface area contributed by atoms with Crippen molar-refractivity contribution in [2.45, 2.75) is 26.7 Å². The Morgan fingerprint density at radius 1 is 1.57 bits per heavy atom. The van der Waals surface area contributed by atoms with E-state index >= 15 is 0 Å². The van der Waals surface area contributed by atoms with Crippen molar-refractivity contribution in [2.75, 3.05) is 5.32 Å². The molecule has 0 fully saturated rings. The van der Waals surface area contributed by atoms with E-state index in [2.05, 4.69) is 10.3 Å². The molecule has 0 radical (unpaired) electrons. The Hall–Kier alpha value is -1.58. The van der Waals surface area contributed by atoms with Gasteiger partial charge in [-0.05, 0) is 24.5 Å². The maximum atomic E-state index is 10.8. The number of carbonyl (C=O) groups is 1. The molecule has 0 saturated heterocycles. The van der Waals surface area contributed by atoms with E-state index in [-0.39, 0.29) is 5.92 Å². The standard InChI is InChI=1S/C10H15N3O/c1-6(2)8-9(13-10(11)14)7(3)4-5-12-8/h4-6H,1-3H3,(H3,11,13,14). The minimum atomic E-state index is -0.553. The third-order valence-corrected chi connectivity index (χ3v) is 1.98. The number of nitrogens with one attached hydrogen (secondary N) is 1. The van der Waals surface area contributed by atoms with Crippen LogP contribution in [0, 0.1) is 6.92 Å². The van der Waals surface area contributed by atoms with Crippen molar-refractivity contribution < 1.29 is 4.79 Å². The molecule has 1 aromatic rings. The van der Waals surface area contributed by atoms with Crippen LogP contribution in [0.3, 0.4) is 0 Å². The molecule has 76 valence electrons. The van der Waals surface area contributed by atoms with Crippen molar-refractivity contribution in [3.63, 3.8) is 0 Å². The van der Waals surface area contributed by atoms with Crippen LogP contribution in [0.5, 0.6) is 0 Å². The average Bonchev–Trinajstić information content (AvgIpc) is 2.07. The minimum Gasteiger partial charge on any atom is -0.351 e. The predicted octanol–water partition coefficient (Wildman–Crippen LogP) is 2.00. The second-order valence-electron chi connectivity index (χ2n) is 3.53. The van der Waals surface area contributed by atoms with Crippen LogP contribution in [-0.4, -0.2) is 11.0 Å². The van der Waals surface area contributed by atoms with Crippen molar-refractivity contribution in [1.82, 2.24) is 4.98 Å². The molecule has 0 unspecified atom stereocenters. The Kier molecular flexibility index (Phi) is 3.06. The van der Waals surface area contributed by atoms with Crippen LogP contribution in [0.15, 0.2) is 12.3 Å². The molecule has 0 aliphatic heterocycles. The number of amides is 2. The number of urea groups is 1. The third-order valence-electron chi connectivity index (χ3n) is 1.98. The highest BCUT2D eigenvalue weighted by Crippen LogP contribution is 2.24. The van der Waals surface area contributed by atoms with E-state index in [0.717, 1.165) is 16.9 Å². The molecule has 4 nitrogen and oxygen atoms in total. The summed E-state index contributed by atoms with van der Waals surface area (Å²) in [6.45, 7) is 5.96. The molecular weight excluding hydrogens is 178 g/mol. The molecule has 0 saturated carbocycles. The molecule has 1 aromatic heterocycles. The second-order valence-corrected chi connectivity index (χ2v) is 3.53. The van der Waals surface area contributed by atoms with Gasteiger partial charge in [-0.15, -0.1) is 0 Å². The van der Waals surface area contributed by atoms with Gasteiger partial charge in [-0.1, -0.05) is 13.8 Å². The maximum Gasteiger partial charge on any atom is 0.316 e. The van der Waals surface area contributed by atoms with E-state index in [1.54, 1.807) is 6.20 Å². The highest BCUT2D eigenvalue weighted by atomic mass is 16.2. The zero-order valence-corrected chi connectivity index (χ0v) is 8.66. The Morgan fingerprint density at radius 2 is 2.21 bits per heavy atom. The predicted molar refractivity (Wildman–Crippen MR) is 56.3 cm³/mol. The first kappa shape index (κ1) is 10.5. The zero-order valence-electron chi connectivity index (χ0n) is 8.66. The summed E-state index contributed by atoms with van der Waals surface area (Å²) in [5.74, 6) is 0.261. The quantitative estimate of drug-likeness (QED) is 0.754. The van der Waals surface area contributed by atoms with Gasteiger partial charge in [0, 0.05) is 6.20 Å². The van der Waals surface area contributed by atoms with Gasteiger partial charge in [-0.2, -0.15) is 0 Å². The van der Waals surface area contributed by atoms with Crippen LogP contribution in [0.25, 0.3) is 0 Å². The van der Waals surface area contributed by atoms with Gasteiger partial charge >= 0.3 is 6.03 Å². The van der Waals surface area contributed by atoms with Crippen LogP contribution in [0.4, 0.5) is 10.5 Å². The molecular formula is C10H15N3O. The van der Waals surface area contributed by atoms with Gasteiger partial charge in [0.15, 0.2) is 0 Å². The Balaban J connectivity index is 3.15. The summed E-state index contributed by atoms with van der Waals surface area (Å²) < 4.78 is 0. The van der Waals surface area contributed by atoms with Crippen molar-refractivity contribution in [2.24, 2.45) is 5.73 Å². The molecule has 0 aliphatic rings. The Bertz CT molecular complexity index is 347. The number of carbonyl (C=O) groups excluding carboxylic acids is 1. The molecule has 4 heteroatoms. The lowest BCUT2D eigenvalue weighted by Crippen LogP contribution is -2.21. The normalized spacial score (nSPS) is 10.3. The van der Waals surface area contributed by atoms with E-state index in [1.807, 2.05) is 26.8 Å². The van der Waals surface area contributed by atoms with Gasteiger partial charge in [-0.3, -0.25) is 4.98 Å². The topological polar surface area (TPSA) is 68.0 Å². The number of pyridine rings is 1. The van der Waals surface area contributed by atoms with E-state index in [1.165, 1.54) is 0 Å². The second kappa shape index (κ2) is 4.09. The molecule has 0 bridgehead atoms. The number of nitrogens with zero attached hydrogens (tertiary/aromatic N) is 1. The highest BCUT2D eigenvalue weighted by Gasteiger charge is 2.11. The molecule has 0 spiro atoms. The van der Waals surface area contributed by atoms with Crippen LogP contribution < -0.4 is 11.1 Å². The number of aryl methyl sites for hydroxylation is 1. The van der Waals surface area contributed by atoms with Gasteiger partial charge in [0.1, 0.15) is 0 Å². The first-order valence-electron chi connectivity index (χ1n) is 4.54. The lowest BCUT2D eigenvalue weighted by molar-refractivity contribution is 0.259. The van der Waals surface area contributed by atoms with Gasteiger partial charge in [-0.25, -0.2) is 4.79 Å². The van der Waals surface area contributed by atoms with Crippen molar-refractivity contribution >= 4 is 11.7 Å². The van der Waals surface area contributed by atoms with E-state index in [9.17, 15) is 4.79 Å². The largest absolute Gasteiger partial charge is 0.351 e. The van der Waals surface area contributed by atoms with Gasteiger partial charge in [0.2, 0.25) is 0 Å². The number of primary amides is 1. The Morgan fingerprint density at radius 3 is 2.71 bits per heavy atom. The molecule has 1 rings (SSSR count). The first-order valence-corrected chi connectivity index (χ1v) is 4.54. The van der Waals surface area contributed by atoms with Crippen LogP contribution in [0.2, 0.25) is 0 Å². The highest BCUT2D eigenvalue weighted by molar-refractivity contribution is 5.89. The van der Waals surface area contributed by atoms with Crippen LogP contribution >= 0.6 is 0 Å². The first-order chi connectivity index (χ1) is 6.52. The number of nitrogens with two attached hydrogens (primary N) is 1. The summed E-state index contributed by atoms with van der Waals surface area (Å²) in [7, 11) is 0. The number of hydrogen-bond acceptors (Lipinski definition) is 2. The molecule has 1 heterocycles. The van der Waals surface area contributed by atoms with Crippen LogP contribution in [-0.2, 0) is 0 Å². The monoisotopic (exact) mass is 193 g/mol. The third kappa shape index (κ3) is 2.22. The summed E-state index contributed by atoms with van der Waals surface area (Å²) in [5, 5.41) is 2.60. The summed E-state index contributed by atoms with van der Waals surface area (Å²) in [5.41, 5.74) is 7.66.